The van der Waals surface area contributed by atoms with E-state index in [1.165, 1.54) is 0 Å². The Hall–Kier alpha value is -0.410. The summed E-state index contributed by atoms with van der Waals surface area (Å²) in [5.74, 6) is 2.27. The monoisotopic (exact) mass is 281 g/mol. The van der Waals surface area contributed by atoms with Gasteiger partial charge in [0.15, 0.2) is 0 Å². The van der Waals surface area contributed by atoms with Gasteiger partial charge in [-0.1, -0.05) is 13.8 Å². The second-order valence-electron chi connectivity index (χ2n) is 6.90. The Labute approximate surface area is 124 Å². The molecular formula is C17H31NO2. The number of Topliss-reactive ketones (excluding diaryl/α,β-unsaturated/α-hetero) is 1. The Balaban J connectivity index is 1.79. The van der Waals surface area contributed by atoms with Gasteiger partial charge >= 0.3 is 0 Å². The molecular weight excluding hydrogens is 250 g/mol. The van der Waals surface area contributed by atoms with Crippen LogP contribution in [0.4, 0.5) is 0 Å². The van der Waals surface area contributed by atoms with E-state index in [0.29, 0.717) is 23.7 Å². The number of carbonyl (C=O) groups is 1. The largest absolute Gasteiger partial charge is 0.378 e. The topological polar surface area (TPSA) is 29.5 Å². The fourth-order valence-electron chi connectivity index (χ4n) is 3.73. The average Bonchev–Trinajstić information content (AvgIpc) is 2.43. The van der Waals surface area contributed by atoms with Gasteiger partial charge < -0.3 is 9.64 Å². The predicted molar refractivity (Wildman–Crippen MR) is 81.8 cm³/mol. The highest BCUT2D eigenvalue weighted by atomic mass is 16.5. The maximum Gasteiger partial charge on any atom is 0.137 e. The molecule has 1 saturated heterocycles. The van der Waals surface area contributed by atoms with Gasteiger partial charge in [-0.2, -0.15) is 0 Å². The van der Waals surface area contributed by atoms with Crippen LogP contribution in [0, 0.1) is 17.8 Å². The van der Waals surface area contributed by atoms with Crippen molar-refractivity contribution in [2.24, 2.45) is 17.8 Å². The van der Waals surface area contributed by atoms with E-state index in [4.69, 9.17) is 4.74 Å². The van der Waals surface area contributed by atoms with Crippen LogP contribution in [0.3, 0.4) is 0 Å². The molecule has 2 unspecified atom stereocenters. The maximum absolute atomic E-state index is 12.2. The van der Waals surface area contributed by atoms with Gasteiger partial charge in [0.05, 0.1) is 6.10 Å². The summed E-state index contributed by atoms with van der Waals surface area (Å²) >= 11 is 0. The van der Waals surface area contributed by atoms with Gasteiger partial charge in [0.2, 0.25) is 0 Å². The molecule has 2 aliphatic rings. The minimum atomic E-state index is 0.291. The first kappa shape index (κ1) is 16.0. The van der Waals surface area contributed by atoms with Crippen molar-refractivity contribution in [3.8, 4) is 0 Å². The number of hydrogen-bond donors (Lipinski definition) is 0. The number of carbonyl (C=O) groups excluding carboxylic acids is 1. The van der Waals surface area contributed by atoms with E-state index >= 15 is 0 Å². The molecule has 0 radical (unpaired) electrons. The third kappa shape index (κ3) is 4.29. The standard InChI is InChI=1S/C17H31NO2/c1-4-20-16-7-9-18(10-8-16)12-15-11-14(13(2)3)5-6-17(15)19/h13-16H,4-12H2,1-3H3. The molecule has 0 spiro atoms. The SMILES string of the molecule is CCOC1CCN(CC2CC(C(C)C)CCC2=O)CC1. The molecule has 2 atom stereocenters. The Bertz CT molecular complexity index is 308. The molecule has 0 aromatic heterocycles. The molecule has 1 heterocycles. The number of nitrogens with zero attached hydrogens (tertiary/aromatic N) is 1. The molecule has 0 aromatic carbocycles. The lowest BCUT2D eigenvalue weighted by atomic mass is 9.75. The number of ketones is 1. The van der Waals surface area contributed by atoms with Crippen LogP contribution in [0.2, 0.25) is 0 Å². The first-order chi connectivity index (χ1) is 9.60. The second-order valence-corrected chi connectivity index (χ2v) is 6.90. The van der Waals surface area contributed by atoms with Crippen molar-refractivity contribution < 1.29 is 9.53 Å². The fraction of sp³-hybridized carbons (Fsp3) is 0.941. The molecule has 1 aliphatic carbocycles. The zero-order chi connectivity index (χ0) is 14.5. The van der Waals surface area contributed by atoms with Crippen LogP contribution < -0.4 is 0 Å². The van der Waals surface area contributed by atoms with Gasteiger partial charge in [-0.25, -0.2) is 0 Å². The second kappa shape index (κ2) is 7.56. The molecule has 20 heavy (non-hydrogen) atoms. The van der Waals surface area contributed by atoms with Crippen LogP contribution >= 0.6 is 0 Å². The average molecular weight is 281 g/mol. The molecule has 0 amide bonds. The summed E-state index contributed by atoms with van der Waals surface area (Å²) in [4.78, 5) is 14.6. The summed E-state index contributed by atoms with van der Waals surface area (Å²) in [7, 11) is 0. The highest BCUT2D eigenvalue weighted by molar-refractivity contribution is 5.82. The zero-order valence-electron chi connectivity index (χ0n) is 13.4. The van der Waals surface area contributed by atoms with Crippen LogP contribution in [0.5, 0.6) is 0 Å². The summed E-state index contributed by atoms with van der Waals surface area (Å²) in [5, 5.41) is 0. The van der Waals surface area contributed by atoms with E-state index in [1.54, 1.807) is 0 Å². The smallest absolute Gasteiger partial charge is 0.137 e. The molecule has 2 fully saturated rings. The highest BCUT2D eigenvalue weighted by Crippen LogP contribution is 2.32. The molecule has 2 rings (SSSR count). The molecule has 116 valence electrons. The first-order valence-electron chi connectivity index (χ1n) is 8.46. The normalized spacial score (nSPS) is 30.1. The van der Waals surface area contributed by atoms with Gasteiger partial charge in [0.1, 0.15) is 5.78 Å². The van der Waals surface area contributed by atoms with Crippen molar-refractivity contribution in [2.45, 2.75) is 59.0 Å². The van der Waals surface area contributed by atoms with Crippen molar-refractivity contribution in [1.29, 1.82) is 0 Å². The van der Waals surface area contributed by atoms with E-state index in [9.17, 15) is 4.79 Å². The molecule has 0 N–H and O–H groups in total. The van der Waals surface area contributed by atoms with Crippen LogP contribution in [-0.2, 0) is 9.53 Å². The highest BCUT2D eigenvalue weighted by Gasteiger charge is 2.32. The Kier molecular flexibility index (Phi) is 6.03. The van der Waals surface area contributed by atoms with Crippen molar-refractivity contribution in [3.05, 3.63) is 0 Å². The van der Waals surface area contributed by atoms with Gasteiger partial charge in [0, 0.05) is 38.6 Å². The van der Waals surface area contributed by atoms with E-state index in [1.807, 2.05) is 0 Å². The Morgan fingerprint density at radius 3 is 2.55 bits per heavy atom. The molecule has 3 heteroatoms. The van der Waals surface area contributed by atoms with Crippen molar-refractivity contribution in [1.82, 2.24) is 4.90 Å². The lowest BCUT2D eigenvalue weighted by Gasteiger charge is -2.37. The Morgan fingerprint density at radius 2 is 1.95 bits per heavy atom. The van der Waals surface area contributed by atoms with E-state index < -0.39 is 0 Å². The third-order valence-corrected chi connectivity index (χ3v) is 5.16. The van der Waals surface area contributed by atoms with Gasteiger partial charge in [-0.05, 0) is 44.4 Å². The molecule has 0 aromatic rings. The number of ether oxygens (including phenoxy) is 1. The summed E-state index contributed by atoms with van der Waals surface area (Å²) in [6.45, 7) is 10.7. The quantitative estimate of drug-likeness (QED) is 0.775. The minimum absolute atomic E-state index is 0.291. The summed E-state index contributed by atoms with van der Waals surface area (Å²) in [6, 6.07) is 0. The van der Waals surface area contributed by atoms with E-state index in [2.05, 4.69) is 25.7 Å². The molecule has 0 bridgehead atoms. The molecule has 1 aliphatic heterocycles. The number of likely N-dealkylation sites (tertiary alicyclic amines) is 1. The maximum atomic E-state index is 12.2. The van der Waals surface area contributed by atoms with E-state index in [-0.39, 0.29) is 0 Å². The molecule has 3 nitrogen and oxygen atoms in total. The predicted octanol–water partition coefficient (Wildman–Crippen LogP) is 3.13. The lowest BCUT2D eigenvalue weighted by molar-refractivity contribution is -0.127. The van der Waals surface area contributed by atoms with Crippen LogP contribution in [0.1, 0.15) is 52.9 Å². The lowest BCUT2D eigenvalue weighted by Crippen LogP contribution is -2.43. The van der Waals surface area contributed by atoms with Gasteiger partial charge in [-0.15, -0.1) is 0 Å². The number of rotatable bonds is 5. The minimum Gasteiger partial charge on any atom is -0.378 e. The fourth-order valence-corrected chi connectivity index (χ4v) is 3.73. The summed E-state index contributed by atoms with van der Waals surface area (Å²) in [5.41, 5.74) is 0. The van der Waals surface area contributed by atoms with Gasteiger partial charge in [-0.3, -0.25) is 4.79 Å². The Morgan fingerprint density at radius 1 is 1.25 bits per heavy atom. The summed E-state index contributed by atoms with van der Waals surface area (Å²) in [6.07, 6.45) is 5.73. The first-order valence-corrected chi connectivity index (χ1v) is 8.46. The zero-order valence-corrected chi connectivity index (χ0v) is 13.4. The van der Waals surface area contributed by atoms with Crippen LogP contribution in [0.25, 0.3) is 0 Å². The molecule has 1 saturated carbocycles. The van der Waals surface area contributed by atoms with Crippen LogP contribution in [0.15, 0.2) is 0 Å². The summed E-state index contributed by atoms with van der Waals surface area (Å²) < 4.78 is 5.70. The number of piperidine rings is 1. The van der Waals surface area contributed by atoms with Crippen LogP contribution in [-0.4, -0.2) is 43.0 Å². The van der Waals surface area contributed by atoms with Crippen molar-refractivity contribution >= 4 is 5.78 Å². The third-order valence-electron chi connectivity index (χ3n) is 5.16. The number of hydrogen-bond acceptors (Lipinski definition) is 3. The van der Waals surface area contributed by atoms with Crippen molar-refractivity contribution in [3.63, 3.8) is 0 Å². The van der Waals surface area contributed by atoms with E-state index in [0.717, 1.165) is 64.3 Å². The van der Waals surface area contributed by atoms with Gasteiger partial charge in [0.25, 0.3) is 0 Å². The van der Waals surface area contributed by atoms with Crippen molar-refractivity contribution in [2.75, 3.05) is 26.2 Å².